The van der Waals surface area contributed by atoms with Crippen molar-refractivity contribution in [2.24, 2.45) is 7.05 Å². The van der Waals surface area contributed by atoms with Gasteiger partial charge in [0, 0.05) is 49.5 Å². The molecule has 13 heteroatoms. The van der Waals surface area contributed by atoms with Gasteiger partial charge in [-0.05, 0) is 37.3 Å². The summed E-state index contributed by atoms with van der Waals surface area (Å²) in [7, 11) is 1.72. The number of nitrogens with one attached hydrogen (secondary N) is 1. The van der Waals surface area contributed by atoms with Crippen molar-refractivity contribution in [2.75, 3.05) is 11.9 Å². The lowest BCUT2D eigenvalue weighted by Crippen LogP contribution is -2.29. The fraction of sp³-hybridized carbons (Fsp3) is 0.107. The van der Waals surface area contributed by atoms with Crippen LogP contribution >= 0.6 is 0 Å². The van der Waals surface area contributed by atoms with Crippen LogP contribution in [0.2, 0.25) is 0 Å². The number of halogens is 3. The van der Waals surface area contributed by atoms with Crippen LogP contribution in [0.3, 0.4) is 0 Å². The van der Waals surface area contributed by atoms with Gasteiger partial charge in [-0.2, -0.15) is 10.1 Å². The smallest absolute Gasteiger partial charge is 0.271 e. The molecule has 0 spiro atoms. The lowest BCUT2D eigenvalue weighted by molar-refractivity contribution is 0.102. The lowest BCUT2D eigenvalue weighted by Gasteiger charge is -2.14. The van der Waals surface area contributed by atoms with Crippen LogP contribution in [-0.4, -0.2) is 36.8 Å². The second-order valence-electron chi connectivity index (χ2n) is 8.58. The molecule has 2 aromatic carbocycles. The van der Waals surface area contributed by atoms with E-state index in [0.29, 0.717) is 11.6 Å². The van der Waals surface area contributed by atoms with Crippen LogP contribution in [-0.2, 0) is 7.05 Å². The van der Waals surface area contributed by atoms with Crippen LogP contribution in [0.4, 0.5) is 18.9 Å². The van der Waals surface area contributed by atoms with Gasteiger partial charge < -0.3 is 14.8 Å². The summed E-state index contributed by atoms with van der Waals surface area (Å²) < 4.78 is 56.9. The minimum atomic E-state index is -1.04. The topological polar surface area (TPSA) is 113 Å². The first kappa shape index (κ1) is 27.1. The molecule has 0 fully saturated rings. The number of anilines is 1. The number of carbonyl (C=O) groups is 1. The van der Waals surface area contributed by atoms with Crippen LogP contribution in [0.25, 0.3) is 17.1 Å². The maximum Gasteiger partial charge on any atom is 0.271 e. The third-order valence-corrected chi connectivity index (χ3v) is 5.76. The Morgan fingerprint density at radius 3 is 2.51 bits per heavy atom. The first-order valence-electron chi connectivity index (χ1n) is 12.2. The van der Waals surface area contributed by atoms with E-state index in [4.69, 9.17) is 9.47 Å². The molecule has 0 aliphatic carbocycles. The first-order valence-corrected chi connectivity index (χ1v) is 12.2. The van der Waals surface area contributed by atoms with Crippen LogP contribution in [0.5, 0.6) is 17.4 Å². The lowest BCUT2D eigenvalue weighted by atomic mass is 10.2. The molecule has 0 radical (unpaired) electrons. The van der Waals surface area contributed by atoms with Crippen LogP contribution in [0.1, 0.15) is 17.3 Å². The standard InChI is InChI=1S/C28H21F3N6O4/c1-3-40-22-9-11-37(18-6-4-17(29)5-7-18)28(39)25(22)27(38)34-21-12-20(31)23(13-19(21)30)41-24-8-10-32-26(35-24)16-14-33-36(2)15-16/h4-15H,3H2,1-2H3,(H,34,38). The van der Waals surface area contributed by atoms with Crippen LogP contribution in [0.15, 0.2) is 78.1 Å². The maximum atomic E-state index is 15.0. The number of amides is 1. The normalized spacial score (nSPS) is 10.9. The predicted molar refractivity (Wildman–Crippen MR) is 142 cm³/mol. The summed E-state index contributed by atoms with van der Waals surface area (Å²) in [6, 6.07) is 9.20. The molecule has 10 nitrogen and oxygen atoms in total. The van der Waals surface area contributed by atoms with Crippen molar-refractivity contribution in [1.29, 1.82) is 0 Å². The minimum Gasteiger partial charge on any atom is -0.493 e. The van der Waals surface area contributed by atoms with Gasteiger partial charge in [-0.3, -0.25) is 18.8 Å². The summed E-state index contributed by atoms with van der Waals surface area (Å²) in [6.45, 7) is 1.78. The highest BCUT2D eigenvalue weighted by Crippen LogP contribution is 2.30. The molecule has 0 unspecified atom stereocenters. The monoisotopic (exact) mass is 562 g/mol. The summed E-state index contributed by atoms with van der Waals surface area (Å²) in [6.07, 6.45) is 5.96. The van der Waals surface area contributed by atoms with E-state index in [1.165, 1.54) is 42.9 Å². The molecule has 1 amide bonds. The van der Waals surface area contributed by atoms with E-state index in [1.807, 2.05) is 0 Å². The molecule has 5 aromatic rings. The fourth-order valence-electron chi connectivity index (χ4n) is 3.88. The third-order valence-electron chi connectivity index (χ3n) is 5.76. The first-order chi connectivity index (χ1) is 19.7. The quantitative estimate of drug-likeness (QED) is 0.287. The highest BCUT2D eigenvalue weighted by molar-refractivity contribution is 6.06. The molecule has 1 N–H and O–H groups in total. The van der Waals surface area contributed by atoms with E-state index >= 15 is 4.39 Å². The Morgan fingerprint density at radius 1 is 1.02 bits per heavy atom. The Kier molecular flexibility index (Phi) is 7.50. The predicted octanol–water partition coefficient (Wildman–Crippen LogP) is 4.89. The van der Waals surface area contributed by atoms with Gasteiger partial charge in [0.1, 0.15) is 17.1 Å². The number of aromatic nitrogens is 5. The van der Waals surface area contributed by atoms with Crippen LogP contribution in [0, 0.1) is 17.5 Å². The summed E-state index contributed by atoms with van der Waals surface area (Å²) in [5, 5.41) is 6.26. The van der Waals surface area contributed by atoms with Crippen molar-refractivity contribution in [3.63, 3.8) is 0 Å². The number of aryl methyl sites for hydroxylation is 1. The van der Waals surface area contributed by atoms with Crippen molar-refractivity contribution in [2.45, 2.75) is 6.92 Å². The van der Waals surface area contributed by atoms with Gasteiger partial charge in [-0.15, -0.1) is 0 Å². The largest absolute Gasteiger partial charge is 0.493 e. The Bertz CT molecular complexity index is 1800. The number of hydrogen-bond acceptors (Lipinski definition) is 7. The third kappa shape index (κ3) is 5.78. The zero-order valence-electron chi connectivity index (χ0n) is 21.6. The number of benzene rings is 2. The number of ether oxygens (including phenoxy) is 2. The zero-order valence-corrected chi connectivity index (χ0v) is 21.6. The van der Waals surface area contributed by atoms with Crippen molar-refractivity contribution < 1.29 is 27.4 Å². The molecule has 3 aromatic heterocycles. The van der Waals surface area contributed by atoms with Gasteiger partial charge in [0.15, 0.2) is 23.2 Å². The van der Waals surface area contributed by atoms with Gasteiger partial charge in [0.25, 0.3) is 11.5 Å². The summed E-state index contributed by atoms with van der Waals surface area (Å²) in [5.74, 6) is -3.95. The SMILES string of the molecule is CCOc1ccn(-c2ccc(F)cc2)c(=O)c1C(=O)Nc1cc(F)c(Oc2ccnc(-c3cnn(C)c3)n2)cc1F. The van der Waals surface area contributed by atoms with E-state index in [1.54, 1.807) is 24.9 Å². The van der Waals surface area contributed by atoms with Crippen LogP contribution < -0.4 is 20.3 Å². The number of pyridine rings is 1. The van der Waals surface area contributed by atoms with Gasteiger partial charge in [0.2, 0.25) is 5.88 Å². The number of rotatable bonds is 8. The highest BCUT2D eigenvalue weighted by atomic mass is 19.1. The molecule has 5 rings (SSSR count). The minimum absolute atomic E-state index is 0.0547. The van der Waals surface area contributed by atoms with E-state index in [0.717, 1.165) is 22.8 Å². The molecule has 0 aliphatic rings. The van der Waals surface area contributed by atoms with E-state index in [9.17, 15) is 18.4 Å². The number of hydrogen-bond donors (Lipinski definition) is 1. The average Bonchev–Trinajstić information content (AvgIpc) is 3.39. The molecular weight excluding hydrogens is 541 g/mol. The number of nitrogens with zero attached hydrogens (tertiary/aromatic N) is 5. The molecule has 0 aliphatic heterocycles. The molecule has 0 saturated heterocycles. The Labute approximate surface area is 230 Å². The number of carbonyl (C=O) groups excluding carboxylic acids is 1. The Hall–Kier alpha value is -5.46. The molecule has 41 heavy (non-hydrogen) atoms. The summed E-state index contributed by atoms with van der Waals surface area (Å²) >= 11 is 0. The highest BCUT2D eigenvalue weighted by Gasteiger charge is 2.22. The molecule has 0 bridgehead atoms. The van der Waals surface area contributed by atoms with Crippen molar-refractivity contribution in [3.05, 3.63) is 107 Å². The second kappa shape index (κ2) is 11.3. The fourth-order valence-corrected chi connectivity index (χ4v) is 3.88. The molecule has 0 saturated carbocycles. The zero-order chi connectivity index (χ0) is 29.1. The molecule has 208 valence electrons. The average molecular weight is 563 g/mol. The van der Waals surface area contributed by atoms with Crippen molar-refractivity contribution in [3.8, 4) is 34.5 Å². The summed E-state index contributed by atoms with van der Waals surface area (Å²) in [4.78, 5) is 34.7. The Morgan fingerprint density at radius 2 is 1.80 bits per heavy atom. The van der Waals surface area contributed by atoms with Gasteiger partial charge in [-0.25, -0.2) is 18.2 Å². The van der Waals surface area contributed by atoms with E-state index in [-0.39, 0.29) is 29.7 Å². The summed E-state index contributed by atoms with van der Waals surface area (Å²) in [5.41, 5.74) is -0.938. The van der Waals surface area contributed by atoms with Crippen molar-refractivity contribution >= 4 is 11.6 Å². The van der Waals surface area contributed by atoms with E-state index < -0.39 is 45.9 Å². The van der Waals surface area contributed by atoms with Gasteiger partial charge in [-0.1, -0.05) is 0 Å². The Balaban J connectivity index is 1.42. The van der Waals surface area contributed by atoms with Crippen molar-refractivity contribution in [1.82, 2.24) is 24.3 Å². The maximum absolute atomic E-state index is 15.0. The molecule has 3 heterocycles. The van der Waals surface area contributed by atoms with Gasteiger partial charge in [0.05, 0.1) is 24.1 Å². The van der Waals surface area contributed by atoms with E-state index in [2.05, 4.69) is 20.4 Å². The molecular formula is C28H21F3N6O4. The van der Waals surface area contributed by atoms with Gasteiger partial charge >= 0.3 is 0 Å². The molecule has 0 atom stereocenters. The second-order valence-corrected chi connectivity index (χ2v) is 8.58.